The number of hydrogen-bond acceptors (Lipinski definition) is 2. The van der Waals surface area contributed by atoms with Gasteiger partial charge in [-0.1, -0.05) is 0 Å². The van der Waals surface area contributed by atoms with Gasteiger partial charge in [0.25, 0.3) is 0 Å². The summed E-state index contributed by atoms with van der Waals surface area (Å²) in [5, 5.41) is 0. The van der Waals surface area contributed by atoms with Crippen molar-refractivity contribution in [3.63, 3.8) is 0 Å². The summed E-state index contributed by atoms with van der Waals surface area (Å²) >= 11 is -2.39. The van der Waals surface area contributed by atoms with E-state index in [1.54, 1.807) is 3.71 Å². The normalized spacial score (nSPS) is 13.6. The van der Waals surface area contributed by atoms with Crippen LogP contribution >= 0.6 is 0 Å². The summed E-state index contributed by atoms with van der Waals surface area (Å²) in [6.45, 7) is 9.35. The van der Waals surface area contributed by atoms with Gasteiger partial charge in [-0.05, 0) is 0 Å². The fourth-order valence-electron chi connectivity index (χ4n) is 4.07. The van der Waals surface area contributed by atoms with Gasteiger partial charge in [-0.25, -0.2) is 0 Å². The van der Waals surface area contributed by atoms with E-state index < -0.39 is 18.4 Å². The Balaban J connectivity index is 3.27. The van der Waals surface area contributed by atoms with E-state index in [4.69, 9.17) is 0 Å². The second-order valence-corrected chi connectivity index (χ2v) is 20.7. The first-order valence-corrected chi connectivity index (χ1v) is 17.7. The van der Waals surface area contributed by atoms with Crippen molar-refractivity contribution in [2.75, 3.05) is 14.1 Å². The van der Waals surface area contributed by atoms with Crippen LogP contribution in [0, 0.1) is 0 Å². The summed E-state index contributed by atoms with van der Waals surface area (Å²) < 4.78 is 8.81. The Labute approximate surface area is 155 Å². The van der Waals surface area contributed by atoms with Crippen molar-refractivity contribution in [1.29, 1.82) is 0 Å². The average molecular weight is 442 g/mol. The van der Waals surface area contributed by atoms with Crippen LogP contribution in [-0.4, -0.2) is 46.9 Å². The third kappa shape index (κ3) is 5.75. The summed E-state index contributed by atoms with van der Waals surface area (Å²) in [7, 11) is 4.42. The zero-order valence-corrected chi connectivity index (χ0v) is 20.0. The van der Waals surface area contributed by atoms with Crippen LogP contribution in [0.1, 0.15) is 78.8 Å². The summed E-state index contributed by atoms with van der Waals surface area (Å²) in [5.74, 6) is 0. The quantitative estimate of drug-likeness (QED) is 0.381. The van der Waals surface area contributed by atoms with Crippen LogP contribution in [-0.2, 0) is 0 Å². The molecule has 0 aliphatic rings. The molecule has 1 rings (SSSR count). The minimum absolute atomic E-state index is 0.462. The van der Waals surface area contributed by atoms with Gasteiger partial charge in [0, 0.05) is 0 Å². The molecule has 1 unspecified atom stereocenters. The molecule has 4 heteroatoms. The van der Waals surface area contributed by atoms with Gasteiger partial charge < -0.3 is 0 Å². The molecule has 0 aliphatic heterocycles. The first kappa shape index (κ1) is 22.0. The SMILES string of the molecule is CCC[CH2][Sn]([CH2]CCC)([CH2]CCC)[c]1cncn1C(CC)N(C)C. The van der Waals surface area contributed by atoms with E-state index in [-0.39, 0.29) is 0 Å². The maximum absolute atomic E-state index is 4.65. The molecular weight excluding hydrogens is 401 g/mol. The van der Waals surface area contributed by atoms with Crippen LogP contribution in [0.4, 0.5) is 0 Å². The Morgan fingerprint density at radius 2 is 1.46 bits per heavy atom. The monoisotopic (exact) mass is 443 g/mol. The van der Waals surface area contributed by atoms with Gasteiger partial charge in [0.1, 0.15) is 0 Å². The molecule has 0 amide bonds. The van der Waals surface area contributed by atoms with E-state index in [2.05, 4.69) is 68.8 Å². The number of unbranched alkanes of at least 4 members (excludes halogenated alkanes) is 3. The molecule has 140 valence electrons. The number of rotatable bonds is 13. The van der Waals surface area contributed by atoms with Crippen molar-refractivity contribution in [3.05, 3.63) is 12.5 Å². The summed E-state index contributed by atoms with van der Waals surface area (Å²) in [4.78, 5) is 7.01. The molecule has 0 aromatic carbocycles. The van der Waals surface area contributed by atoms with Gasteiger partial charge in [-0.15, -0.1) is 0 Å². The van der Waals surface area contributed by atoms with Crippen LogP contribution in [0.2, 0.25) is 13.3 Å². The standard InChI is InChI=1S/C8H14N3.3C4H9.Sn/c1-4-8(10(2)3)11-6-5-9-7-11;3*1-3-4-2;/h5,7-8H,4H2,1-3H3;3*1,3-4H2,2H3;. The molecule has 0 spiro atoms. The Hall–Kier alpha value is -0.0313. The third-order valence-electron chi connectivity index (χ3n) is 5.52. The summed E-state index contributed by atoms with van der Waals surface area (Å²) in [6, 6.07) is 0. The number of aromatic nitrogens is 2. The van der Waals surface area contributed by atoms with Crippen LogP contribution in [0.3, 0.4) is 0 Å². The van der Waals surface area contributed by atoms with Gasteiger partial charge in [-0.2, -0.15) is 0 Å². The Morgan fingerprint density at radius 1 is 0.958 bits per heavy atom. The second kappa shape index (κ2) is 11.6. The van der Waals surface area contributed by atoms with Gasteiger partial charge in [-0.3, -0.25) is 0 Å². The summed E-state index contributed by atoms with van der Waals surface area (Å²) in [5.41, 5.74) is 0. The average Bonchev–Trinajstić information content (AvgIpc) is 3.05. The molecule has 1 atom stereocenters. The molecule has 0 radical (unpaired) electrons. The van der Waals surface area contributed by atoms with Crippen molar-refractivity contribution in [2.24, 2.45) is 0 Å². The zero-order chi connectivity index (χ0) is 18.0. The molecule has 0 fully saturated rings. The van der Waals surface area contributed by atoms with Crippen molar-refractivity contribution < 1.29 is 0 Å². The molecule has 0 N–H and O–H groups in total. The first-order valence-electron chi connectivity index (χ1n) is 10.2. The number of nitrogens with zero attached hydrogens (tertiary/aromatic N) is 3. The number of imidazole rings is 1. The molecule has 1 aromatic heterocycles. The van der Waals surface area contributed by atoms with E-state index in [9.17, 15) is 0 Å². The van der Waals surface area contributed by atoms with Gasteiger partial charge >= 0.3 is 155 Å². The van der Waals surface area contributed by atoms with Crippen LogP contribution in [0.15, 0.2) is 12.5 Å². The van der Waals surface area contributed by atoms with E-state index in [1.807, 2.05) is 0 Å². The zero-order valence-electron chi connectivity index (χ0n) is 17.1. The molecule has 0 saturated heterocycles. The van der Waals surface area contributed by atoms with Crippen molar-refractivity contribution in [1.82, 2.24) is 14.5 Å². The van der Waals surface area contributed by atoms with Crippen LogP contribution < -0.4 is 3.71 Å². The fraction of sp³-hybridized carbons (Fsp3) is 0.850. The van der Waals surface area contributed by atoms with E-state index in [1.165, 1.54) is 51.8 Å². The Bertz CT molecular complexity index is 420. The predicted octanol–water partition coefficient (Wildman–Crippen LogP) is 5.41. The van der Waals surface area contributed by atoms with Gasteiger partial charge in [0.05, 0.1) is 0 Å². The molecular formula is C20H41N3Sn. The topological polar surface area (TPSA) is 21.1 Å². The van der Waals surface area contributed by atoms with Crippen molar-refractivity contribution in [3.8, 4) is 0 Å². The van der Waals surface area contributed by atoms with Crippen molar-refractivity contribution >= 4 is 22.1 Å². The minimum atomic E-state index is -2.39. The van der Waals surface area contributed by atoms with Gasteiger partial charge in [0.2, 0.25) is 0 Å². The van der Waals surface area contributed by atoms with E-state index in [0.717, 1.165) is 6.42 Å². The summed E-state index contributed by atoms with van der Waals surface area (Å²) in [6.07, 6.45) is 14.2. The van der Waals surface area contributed by atoms with Crippen LogP contribution in [0.5, 0.6) is 0 Å². The molecule has 0 aliphatic carbocycles. The molecule has 0 saturated carbocycles. The molecule has 1 heterocycles. The Morgan fingerprint density at radius 3 is 1.83 bits per heavy atom. The Kier molecular flexibility index (Phi) is 10.6. The second-order valence-electron chi connectivity index (χ2n) is 7.63. The van der Waals surface area contributed by atoms with E-state index in [0.29, 0.717) is 6.17 Å². The van der Waals surface area contributed by atoms with Crippen molar-refractivity contribution in [2.45, 2.75) is 92.1 Å². The third-order valence-corrected chi connectivity index (χ3v) is 20.9. The molecule has 1 aromatic rings. The molecule has 0 bridgehead atoms. The van der Waals surface area contributed by atoms with Gasteiger partial charge in [0.15, 0.2) is 0 Å². The van der Waals surface area contributed by atoms with E-state index >= 15 is 0 Å². The fourth-order valence-corrected chi connectivity index (χ4v) is 20.4. The molecule has 3 nitrogen and oxygen atoms in total. The maximum atomic E-state index is 4.65. The van der Waals surface area contributed by atoms with Crippen LogP contribution in [0.25, 0.3) is 0 Å². The number of hydrogen-bond donors (Lipinski definition) is 0. The predicted molar refractivity (Wildman–Crippen MR) is 110 cm³/mol. The first-order chi connectivity index (χ1) is 11.6. The molecule has 24 heavy (non-hydrogen) atoms.